The normalized spacial score (nSPS) is 15.2. The van der Waals surface area contributed by atoms with E-state index in [9.17, 15) is 4.79 Å². The molecule has 3 rings (SSSR count). The average Bonchev–Trinajstić information content (AvgIpc) is 2.64. The van der Waals surface area contributed by atoms with E-state index in [0.717, 1.165) is 24.2 Å². The summed E-state index contributed by atoms with van der Waals surface area (Å²) in [6.45, 7) is 6.43. The van der Waals surface area contributed by atoms with E-state index in [2.05, 4.69) is 42.5 Å². The smallest absolute Gasteiger partial charge is 0.319 e. The summed E-state index contributed by atoms with van der Waals surface area (Å²) >= 11 is 0. The Morgan fingerprint density at radius 1 is 1.07 bits per heavy atom. The number of nitrogens with one attached hydrogen (secondary N) is 2. The van der Waals surface area contributed by atoms with Gasteiger partial charge in [-0.25, -0.2) is 9.78 Å². The average molecular weight is 367 g/mol. The van der Waals surface area contributed by atoms with Gasteiger partial charge in [-0.1, -0.05) is 58.2 Å². The molecule has 5 nitrogen and oxygen atoms in total. The van der Waals surface area contributed by atoms with E-state index in [4.69, 9.17) is 4.74 Å². The minimum Gasteiger partial charge on any atom is -0.437 e. The molecule has 1 aromatic heterocycles. The Kier molecular flexibility index (Phi) is 5.99. The zero-order valence-corrected chi connectivity index (χ0v) is 16.4. The van der Waals surface area contributed by atoms with Crippen LogP contribution in [0.1, 0.15) is 58.4 Å². The van der Waals surface area contributed by atoms with Crippen LogP contribution < -0.4 is 15.4 Å². The number of amides is 2. The number of hydrogen-bond acceptors (Lipinski definition) is 3. The van der Waals surface area contributed by atoms with Gasteiger partial charge in [0.05, 0.1) is 0 Å². The molecule has 1 aromatic carbocycles. The quantitative estimate of drug-likeness (QED) is 0.736. The van der Waals surface area contributed by atoms with Crippen molar-refractivity contribution in [2.24, 2.45) is 0 Å². The molecule has 0 saturated heterocycles. The number of carbonyl (C=O) groups excluding carboxylic acids is 1. The second-order valence-electron chi connectivity index (χ2n) is 8.14. The van der Waals surface area contributed by atoms with Gasteiger partial charge in [0.2, 0.25) is 5.88 Å². The summed E-state index contributed by atoms with van der Waals surface area (Å²) in [4.78, 5) is 16.7. The van der Waals surface area contributed by atoms with Crippen LogP contribution in [0.5, 0.6) is 11.6 Å². The van der Waals surface area contributed by atoms with Crippen molar-refractivity contribution in [2.45, 2.75) is 64.3 Å². The van der Waals surface area contributed by atoms with Crippen LogP contribution in [0.25, 0.3) is 0 Å². The summed E-state index contributed by atoms with van der Waals surface area (Å²) in [5, 5.41) is 5.96. The molecule has 0 unspecified atom stereocenters. The number of para-hydroxylation sites is 1. The number of anilines is 1. The molecule has 0 atom stereocenters. The van der Waals surface area contributed by atoms with E-state index >= 15 is 0 Å². The molecule has 0 radical (unpaired) electrons. The Bertz CT molecular complexity index is 777. The van der Waals surface area contributed by atoms with Gasteiger partial charge in [0.1, 0.15) is 11.4 Å². The van der Waals surface area contributed by atoms with Crippen molar-refractivity contribution in [1.29, 1.82) is 0 Å². The lowest BCUT2D eigenvalue weighted by molar-refractivity contribution is 0.244. The molecule has 1 aliphatic carbocycles. The minimum absolute atomic E-state index is 0.0582. The fourth-order valence-electron chi connectivity index (χ4n) is 3.44. The Hall–Kier alpha value is -2.56. The molecule has 2 aromatic rings. The van der Waals surface area contributed by atoms with E-state index in [-0.39, 0.29) is 17.5 Å². The van der Waals surface area contributed by atoms with Crippen LogP contribution in [0.3, 0.4) is 0 Å². The molecule has 1 fully saturated rings. The Balaban J connectivity index is 1.74. The number of nitrogens with zero attached hydrogens (tertiary/aromatic N) is 1. The first kappa shape index (κ1) is 19.2. The lowest BCUT2D eigenvalue weighted by Gasteiger charge is -2.24. The van der Waals surface area contributed by atoms with Gasteiger partial charge in [-0.15, -0.1) is 0 Å². The summed E-state index contributed by atoms with van der Waals surface area (Å²) in [6, 6.07) is 11.6. The predicted molar refractivity (Wildman–Crippen MR) is 108 cm³/mol. The van der Waals surface area contributed by atoms with Crippen molar-refractivity contribution < 1.29 is 9.53 Å². The fourth-order valence-corrected chi connectivity index (χ4v) is 3.44. The van der Waals surface area contributed by atoms with Gasteiger partial charge < -0.3 is 15.4 Å². The second kappa shape index (κ2) is 8.42. The first-order valence-electron chi connectivity index (χ1n) is 9.73. The highest BCUT2D eigenvalue weighted by molar-refractivity contribution is 5.90. The van der Waals surface area contributed by atoms with Gasteiger partial charge in [-0.05, 0) is 36.5 Å². The number of hydrogen-bond donors (Lipinski definition) is 2. The number of urea groups is 1. The van der Waals surface area contributed by atoms with Crippen molar-refractivity contribution in [2.75, 3.05) is 5.32 Å². The van der Waals surface area contributed by atoms with Crippen LogP contribution in [0.4, 0.5) is 10.5 Å². The highest BCUT2D eigenvalue weighted by Gasteiger charge is 2.21. The van der Waals surface area contributed by atoms with E-state index in [0.29, 0.717) is 11.6 Å². The zero-order valence-electron chi connectivity index (χ0n) is 16.4. The van der Waals surface area contributed by atoms with Gasteiger partial charge in [-0.2, -0.15) is 0 Å². The highest BCUT2D eigenvalue weighted by Crippen LogP contribution is 2.35. The van der Waals surface area contributed by atoms with Gasteiger partial charge in [0, 0.05) is 17.8 Å². The van der Waals surface area contributed by atoms with Crippen LogP contribution in [-0.2, 0) is 5.41 Å². The van der Waals surface area contributed by atoms with E-state index in [1.807, 2.05) is 24.3 Å². The molecule has 1 heterocycles. The third-order valence-corrected chi connectivity index (χ3v) is 4.86. The monoisotopic (exact) mass is 367 g/mol. The topological polar surface area (TPSA) is 63.2 Å². The second-order valence-corrected chi connectivity index (χ2v) is 8.14. The zero-order chi connectivity index (χ0) is 19.3. The molecule has 0 spiro atoms. The molecule has 2 amide bonds. The lowest BCUT2D eigenvalue weighted by atomic mass is 9.86. The first-order chi connectivity index (χ1) is 12.9. The SMILES string of the molecule is CC(C)(C)c1ccccc1Oc1ncccc1NC(=O)NC1CCCCC1. The number of benzene rings is 1. The standard InChI is InChI=1S/C22H29N3O2/c1-22(2,3)17-12-7-8-14-19(17)27-20-18(13-9-15-23-20)25-21(26)24-16-10-5-4-6-11-16/h7-9,12-16H,4-6,10-11H2,1-3H3,(H2,24,25,26). The molecule has 0 aliphatic heterocycles. The van der Waals surface area contributed by atoms with Crippen LogP contribution in [0, 0.1) is 0 Å². The van der Waals surface area contributed by atoms with Crippen molar-refractivity contribution in [3.05, 3.63) is 48.2 Å². The van der Waals surface area contributed by atoms with Gasteiger partial charge in [-0.3, -0.25) is 0 Å². The number of ether oxygens (including phenoxy) is 1. The van der Waals surface area contributed by atoms with Gasteiger partial charge in [0.15, 0.2) is 0 Å². The third kappa shape index (κ3) is 5.22. The summed E-state index contributed by atoms with van der Waals surface area (Å²) in [5.74, 6) is 1.15. The maximum absolute atomic E-state index is 12.4. The summed E-state index contributed by atoms with van der Waals surface area (Å²) in [6.07, 6.45) is 7.37. The largest absolute Gasteiger partial charge is 0.437 e. The van der Waals surface area contributed by atoms with Crippen molar-refractivity contribution >= 4 is 11.7 Å². The summed E-state index contributed by atoms with van der Waals surface area (Å²) < 4.78 is 6.10. The molecule has 144 valence electrons. The number of aromatic nitrogens is 1. The van der Waals surface area contributed by atoms with E-state index in [1.54, 1.807) is 12.3 Å². The van der Waals surface area contributed by atoms with Gasteiger partial charge in [0.25, 0.3) is 0 Å². The number of rotatable bonds is 4. The molecule has 5 heteroatoms. The molecule has 0 bridgehead atoms. The number of carbonyl (C=O) groups is 1. The maximum atomic E-state index is 12.4. The lowest BCUT2D eigenvalue weighted by Crippen LogP contribution is -2.39. The summed E-state index contributed by atoms with van der Waals surface area (Å²) in [7, 11) is 0. The maximum Gasteiger partial charge on any atom is 0.319 e. The first-order valence-corrected chi connectivity index (χ1v) is 9.73. The predicted octanol–water partition coefficient (Wildman–Crippen LogP) is 5.63. The molecule has 1 aliphatic rings. The van der Waals surface area contributed by atoms with E-state index in [1.165, 1.54) is 19.3 Å². The molecular formula is C22H29N3O2. The van der Waals surface area contributed by atoms with Crippen molar-refractivity contribution in [3.63, 3.8) is 0 Å². The molecule has 2 N–H and O–H groups in total. The van der Waals surface area contributed by atoms with Crippen molar-refractivity contribution in [3.8, 4) is 11.6 Å². The fraction of sp³-hybridized carbons (Fsp3) is 0.455. The molecule has 27 heavy (non-hydrogen) atoms. The number of pyridine rings is 1. The van der Waals surface area contributed by atoms with E-state index < -0.39 is 0 Å². The highest BCUT2D eigenvalue weighted by atomic mass is 16.5. The Morgan fingerprint density at radius 2 is 1.81 bits per heavy atom. The Morgan fingerprint density at radius 3 is 2.56 bits per heavy atom. The molecular weight excluding hydrogens is 338 g/mol. The third-order valence-electron chi connectivity index (χ3n) is 4.86. The van der Waals surface area contributed by atoms with Crippen molar-refractivity contribution in [1.82, 2.24) is 10.3 Å². The minimum atomic E-state index is -0.205. The Labute approximate surface area is 161 Å². The van der Waals surface area contributed by atoms with Gasteiger partial charge >= 0.3 is 6.03 Å². The van der Waals surface area contributed by atoms with Crippen LogP contribution in [0.15, 0.2) is 42.6 Å². The van der Waals surface area contributed by atoms with Crippen LogP contribution >= 0.6 is 0 Å². The van der Waals surface area contributed by atoms with Crippen LogP contribution in [-0.4, -0.2) is 17.1 Å². The summed E-state index contributed by atoms with van der Waals surface area (Å²) in [5.41, 5.74) is 1.60. The van der Waals surface area contributed by atoms with Crippen LogP contribution in [0.2, 0.25) is 0 Å². The molecule has 1 saturated carbocycles.